The highest BCUT2D eigenvalue weighted by Gasteiger charge is 2.14. The molecule has 100 valence electrons. The number of hydrogen-bond donors (Lipinski definition) is 2. The molecule has 2 N–H and O–H groups in total. The van der Waals surface area contributed by atoms with Crippen LogP contribution in [0.25, 0.3) is 11.4 Å². The number of H-pyrrole nitrogens is 1. The first-order chi connectivity index (χ1) is 9.02. The van der Waals surface area contributed by atoms with Crippen LogP contribution in [0.4, 0.5) is 0 Å². The molecule has 1 aromatic carbocycles. The smallest absolute Gasteiger partial charge is 0.258 e. The molecule has 0 radical (unpaired) electrons. The van der Waals surface area contributed by atoms with Crippen molar-refractivity contribution in [3.63, 3.8) is 0 Å². The third-order valence-electron chi connectivity index (χ3n) is 2.86. The van der Waals surface area contributed by atoms with Gasteiger partial charge in [-0.25, -0.2) is 0 Å². The summed E-state index contributed by atoms with van der Waals surface area (Å²) >= 11 is 0. The summed E-state index contributed by atoms with van der Waals surface area (Å²) in [5.41, 5.74) is 0.661. The molecule has 0 aliphatic rings. The van der Waals surface area contributed by atoms with Gasteiger partial charge in [-0.15, -0.1) is 0 Å². The molecule has 0 amide bonds. The minimum Gasteiger partial charge on any atom is -0.497 e. The Morgan fingerprint density at radius 2 is 2.11 bits per heavy atom. The number of methoxy groups -OCH3 is 1. The van der Waals surface area contributed by atoms with E-state index in [4.69, 9.17) is 4.74 Å². The molecule has 5 heteroatoms. The van der Waals surface area contributed by atoms with Crippen molar-refractivity contribution in [1.82, 2.24) is 9.97 Å². The van der Waals surface area contributed by atoms with Crippen LogP contribution in [-0.2, 0) is 0 Å². The topological polar surface area (TPSA) is 75.2 Å². The van der Waals surface area contributed by atoms with E-state index in [0.717, 1.165) is 0 Å². The molecule has 0 fully saturated rings. The number of nitrogens with one attached hydrogen (secondary N) is 1. The van der Waals surface area contributed by atoms with Crippen molar-refractivity contribution < 1.29 is 9.84 Å². The standard InChI is InChI=1S/C14H16N2O3/c1-8(2)11-13(17)15-12(16-14(11)18)9-5-4-6-10(7-9)19-3/h4-8H,1-3H3,(H2,15,16,17,18). The van der Waals surface area contributed by atoms with E-state index < -0.39 is 0 Å². The molecule has 0 spiro atoms. The number of rotatable bonds is 3. The lowest BCUT2D eigenvalue weighted by atomic mass is 10.1. The maximum atomic E-state index is 11.9. The third-order valence-corrected chi connectivity index (χ3v) is 2.86. The molecule has 0 aliphatic heterocycles. The van der Waals surface area contributed by atoms with Gasteiger partial charge >= 0.3 is 0 Å². The second-order valence-electron chi connectivity index (χ2n) is 4.54. The first-order valence-electron chi connectivity index (χ1n) is 6.00. The number of ether oxygens (including phenoxy) is 1. The highest BCUT2D eigenvalue weighted by molar-refractivity contribution is 5.58. The van der Waals surface area contributed by atoms with Crippen molar-refractivity contribution in [1.29, 1.82) is 0 Å². The quantitative estimate of drug-likeness (QED) is 0.887. The zero-order chi connectivity index (χ0) is 14.0. The predicted molar refractivity (Wildman–Crippen MR) is 72.6 cm³/mol. The van der Waals surface area contributed by atoms with Crippen LogP contribution in [-0.4, -0.2) is 22.2 Å². The second kappa shape index (κ2) is 5.14. The summed E-state index contributed by atoms with van der Waals surface area (Å²) < 4.78 is 5.12. The van der Waals surface area contributed by atoms with E-state index in [2.05, 4.69) is 9.97 Å². The molecule has 0 unspecified atom stereocenters. The average Bonchev–Trinajstić information content (AvgIpc) is 2.37. The minimum atomic E-state index is -0.319. The van der Waals surface area contributed by atoms with Gasteiger partial charge < -0.3 is 14.8 Å². The second-order valence-corrected chi connectivity index (χ2v) is 4.54. The van der Waals surface area contributed by atoms with Gasteiger partial charge in [0.05, 0.1) is 12.7 Å². The van der Waals surface area contributed by atoms with Crippen molar-refractivity contribution in [2.75, 3.05) is 7.11 Å². The Labute approximate surface area is 110 Å². The van der Waals surface area contributed by atoms with E-state index in [1.165, 1.54) is 0 Å². The van der Waals surface area contributed by atoms with Crippen LogP contribution in [0, 0.1) is 0 Å². The Balaban J connectivity index is 2.55. The molecule has 2 aromatic rings. The molecule has 5 nitrogen and oxygen atoms in total. The van der Waals surface area contributed by atoms with Crippen molar-refractivity contribution in [2.24, 2.45) is 0 Å². The van der Waals surface area contributed by atoms with Gasteiger partial charge in [0.2, 0.25) is 5.88 Å². The van der Waals surface area contributed by atoms with Crippen LogP contribution in [0.5, 0.6) is 11.6 Å². The van der Waals surface area contributed by atoms with Crippen LogP contribution in [0.3, 0.4) is 0 Å². The van der Waals surface area contributed by atoms with E-state index in [9.17, 15) is 9.90 Å². The Hall–Kier alpha value is -2.30. The summed E-state index contributed by atoms with van der Waals surface area (Å²) in [6.45, 7) is 3.66. The lowest BCUT2D eigenvalue weighted by molar-refractivity contribution is 0.415. The van der Waals surface area contributed by atoms with Gasteiger partial charge in [-0.2, -0.15) is 4.98 Å². The van der Waals surface area contributed by atoms with Crippen LogP contribution in [0.2, 0.25) is 0 Å². The van der Waals surface area contributed by atoms with E-state index in [1.54, 1.807) is 31.4 Å². The number of aromatic hydroxyl groups is 1. The average molecular weight is 260 g/mol. The molecule has 0 aliphatic carbocycles. The Morgan fingerprint density at radius 3 is 2.68 bits per heavy atom. The van der Waals surface area contributed by atoms with Crippen LogP contribution in [0.15, 0.2) is 29.1 Å². The zero-order valence-corrected chi connectivity index (χ0v) is 11.1. The summed E-state index contributed by atoms with van der Waals surface area (Å²) in [7, 11) is 1.56. The summed E-state index contributed by atoms with van der Waals surface area (Å²) in [4.78, 5) is 18.7. The Kier molecular flexibility index (Phi) is 3.55. The number of aromatic amines is 1. The van der Waals surface area contributed by atoms with Gasteiger partial charge in [0, 0.05) is 5.56 Å². The molecule has 2 rings (SSSR count). The number of nitrogens with zero attached hydrogens (tertiary/aromatic N) is 1. The summed E-state index contributed by atoms with van der Waals surface area (Å²) in [6, 6.07) is 7.12. The lowest BCUT2D eigenvalue weighted by Crippen LogP contribution is -2.16. The fourth-order valence-corrected chi connectivity index (χ4v) is 1.90. The summed E-state index contributed by atoms with van der Waals surface area (Å²) in [5, 5.41) is 9.87. The maximum absolute atomic E-state index is 11.9. The molecule has 19 heavy (non-hydrogen) atoms. The summed E-state index contributed by atoms with van der Waals surface area (Å²) in [5.74, 6) is 0.672. The van der Waals surface area contributed by atoms with Crippen molar-refractivity contribution >= 4 is 0 Å². The molecule has 0 bridgehead atoms. The number of hydrogen-bond acceptors (Lipinski definition) is 4. The first-order valence-corrected chi connectivity index (χ1v) is 6.00. The molecule has 0 saturated heterocycles. The number of aromatic nitrogens is 2. The molecule has 0 saturated carbocycles. The summed E-state index contributed by atoms with van der Waals surface area (Å²) in [6.07, 6.45) is 0. The van der Waals surface area contributed by atoms with E-state index in [0.29, 0.717) is 22.7 Å². The van der Waals surface area contributed by atoms with E-state index >= 15 is 0 Å². The Morgan fingerprint density at radius 1 is 1.37 bits per heavy atom. The van der Waals surface area contributed by atoms with Crippen molar-refractivity contribution in [3.05, 3.63) is 40.2 Å². The fourth-order valence-electron chi connectivity index (χ4n) is 1.90. The van der Waals surface area contributed by atoms with Crippen LogP contribution in [0.1, 0.15) is 25.3 Å². The van der Waals surface area contributed by atoms with Gasteiger partial charge in [0.1, 0.15) is 11.6 Å². The number of benzene rings is 1. The highest BCUT2D eigenvalue weighted by Crippen LogP contribution is 2.24. The van der Waals surface area contributed by atoms with Gasteiger partial charge in [0.25, 0.3) is 5.56 Å². The van der Waals surface area contributed by atoms with Gasteiger partial charge in [-0.05, 0) is 18.1 Å². The van der Waals surface area contributed by atoms with E-state index in [1.807, 2.05) is 13.8 Å². The maximum Gasteiger partial charge on any atom is 0.258 e. The van der Waals surface area contributed by atoms with Gasteiger partial charge in [-0.3, -0.25) is 4.79 Å². The predicted octanol–water partition coefficient (Wildman–Crippen LogP) is 2.27. The van der Waals surface area contributed by atoms with Crippen LogP contribution >= 0.6 is 0 Å². The minimum absolute atomic E-state index is 0.0874. The third kappa shape index (κ3) is 2.59. The Bertz CT molecular complexity index is 647. The molecule has 1 aromatic heterocycles. The van der Waals surface area contributed by atoms with Crippen LogP contribution < -0.4 is 10.3 Å². The SMILES string of the molecule is COc1cccc(-c2nc(O)c(C(C)C)c(=O)[nH]2)c1. The monoisotopic (exact) mass is 260 g/mol. The van der Waals surface area contributed by atoms with Crippen molar-refractivity contribution in [2.45, 2.75) is 19.8 Å². The largest absolute Gasteiger partial charge is 0.497 e. The van der Waals surface area contributed by atoms with Gasteiger partial charge in [0.15, 0.2) is 0 Å². The fraction of sp³-hybridized carbons (Fsp3) is 0.286. The van der Waals surface area contributed by atoms with E-state index in [-0.39, 0.29) is 17.4 Å². The highest BCUT2D eigenvalue weighted by atomic mass is 16.5. The first kappa shape index (κ1) is 13.1. The van der Waals surface area contributed by atoms with Crippen molar-refractivity contribution in [3.8, 4) is 23.0 Å². The molecular formula is C14H16N2O3. The lowest BCUT2D eigenvalue weighted by Gasteiger charge is -2.09. The molecular weight excluding hydrogens is 244 g/mol. The molecule has 0 atom stereocenters. The normalized spacial score (nSPS) is 10.7. The molecule has 1 heterocycles. The zero-order valence-electron chi connectivity index (χ0n) is 11.1. The van der Waals surface area contributed by atoms with Gasteiger partial charge in [-0.1, -0.05) is 26.0 Å².